The molecule has 0 aromatic carbocycles. The normalized spacial score (nSPS) is 16.3. The minimum atomic E-state index is -0.682. The minimum absolute atomic E-state index is 0.0918. The van der Waals surface area contributed by atoms with Gasteiger partial charge in [0.2, 0.25) is 0 Å². The summed E-state index contributed by atoms with van der Waals surface area (Å²) in [6, 6.07) is 6.08. The molecule has 4 nitrogen and oxygen atoms in total. The molecule has 1 aliphatic carbocycles. The number of carbonyl (C=O) groups excluding carboxylic acids is 1. The summed E-state index contributed by atoms with van der Waals surface area (Å²) in [4.78, 5) is 13.7. The average molecular weight is 318 g/mol. The maximum Gasteiger partial charge on any atom is 0.253 e. The molecular formula is C17H22N2O2S. The predicted molar refractivity (Wildman–Crippen MR) is 88.5 cm³/mol. The minimum Gasteiger partial charge on any atom is -0.388 e. The summed E-state index contributed by atoms with van der Waals surface area (Å²) in [5, 5.41) is 15.0. The number of aryl methyl sites for hydroxylation is 1. The summed E-state index contributed by atoms with van der Waals surface area (Å²) in [5.41, 5.74) is 2.08. The smallest absolute Gasteiger partial charge is 0.253 e. The number of hydrogen-bond donors (Lipinski definition) is 2. The molecule has 1 saturated carbocycles. The molecule has 0 bridgehead atoms. The summed E-state index contributed by atoms with van der Waals surface area (Å²) in [6.07, 6.45) is 2.61. The molecule has 0 aliphatic heterocycles. The van der Waals surface area contributed by atoms with Crippen LogP contribution in [0.2, 0.25) is 0 Å². The van der Waals surface area contributed by atoms with Crippen molar-refractivity contribution in [2.24, 2.45) is 0 Å². The van der Waals surface area contributed by atoms with Crippen LogP contribution in [0.1, 0.15) is 45.9 Å². The van der Waals surface area contributed by atoms with Crippen LogP contribution in [0.4, 0.5) is 0 Å². The van der Waals surface area contributed by atoms with E-state index in [1.165, 1.54) is 4.88 Å². The van der Waals surface area contributed by atoms with Crippen LogP contribution in [0.5, 0.6) is 0 Å². The molecule has 2 aromatic heterocycles. The van der Waals surface area contributed by atoms with Crippen LogP contribution in [-0.2, 0) is 6.54 Å². The first kappa shape index (κ1) is 15.3. The Bertz CT molecular complexity index is 669. The van der Waals surface area contributed by atoms with Gasteiger partial charge in [0.25, 0.3) is 5.91 Å². The van der Waals surface area contributed by atoms with Gasteiger partial charge in [0.1, 0.15) is 0 Å². The van der Waals surface area contributed by atoms with Gasteiger partial charge in [-0.1, -0.05) is 6.07 Å². The van der Waals surface area contributed by atoms with Crippen LogP contribution in [0.15, 0.2) is 23.6 Å². The van der Waals surface area contributed by atoms with E-state index >= 15 is 0 Å². The Labute approximate surface area is 134 Å². The third-order valence-corrected chi connectivity index (χ3v) is 5.44. The second-order valence-corrected chi connectivity index (χ2v) is 7.24. The van der Waals surface area contributed by atoms with Crippen LogP contribution in [0.25, 0.3) is 0 Å². The van der Waals surface area contributed by atoms with Gasteiger partial charge in [-0.3, -0.25) is 4.79 Å². The highest BCUT2D eigenvalue weighted by Gasteiger charge is 2.34. The van der Waals surface area contributed by atoms with Gasteiger partial charge >= 0.3 is 0 Å². The Hall–Kier alpha value is -1.59. The van der Waals surface area contributed by atoms with Crippen molar-refractivity contribution in [2.75, 3.05) is 6.54 Å². The fourth-order valence-corrected chi connectivity index (χ4v) is 3.63. The van der Waals surface area contributed by atoms with E-state index in [-0.39, 0.29) is 5.91 Å². The number of nitrogens with one attached hydrogen (secondary N) is 1. The Balaban J connectivity index is 1.72. The van der Waals surface area contributed by atoms with E-state index < -0.39 is 5.60 Å². The number of thiophene rings is 1. The van der Waals surface area contributed by atoms with E-state index in [0.29, 0.717) is 12.1 Å². The highest BCUT2D eigenvalue weighted by Crippen LogP contribution is 2.30. The molecule has 0 saturated heterocycles. The number of rotatable bonds is 5. The molecule has 1 amide bonds. The molecule has 2 N–H and O–H groups in total. The highest BCUT2D eigenvalue weighted by atomic mass is 32.1. The van der Waals surface area contributed by atoms with Gasteiger partial charge < -0.3 is 15.0 Å². The predicted octanol–water partition coefficient (Wildman–Crippen LogP) is 2.86. The molecule has 5 heteroatoms. The second-order valence-electron chi connectivity index (χ2n) is 6.21. The fourth-order valence-electron chi connectivity index (χ4n) is 2.93. The van der Waals surface area contributed by atoms with Crippen molar-refractivity contribution in [1.29, 1.82) is 0 Å². The molecular weight excluding hydrogens is 296 g/mol. The van der Waals surface area contributed by atoms with Crippen LogP contribution in [0.3, 0.4) is 0 Å². The van der Waals surface area contributed by atoms with Crippen molar-refractivity contribution in [3.63, 3.8) is 0 Å². The zero-order valence-electron chi connectivity index (χ0n) is 13.1. The van der Waals surface area contributed by atoms with Gasteiger partial charge in [-0.25, -0.2) is 0 Å². The summed E-state index contributed by atoms with van der Waals surface area (Å²) in [5.74, 6) is -0.0918. The monoisotopic (exact) mass is 318 g/mol. The van der Waals surface area contributed by atoms with Crippen molar-refractivity contribution >= 4 is 17.2 Å². The molecule has 0 spiro atoms. The summed E-state index contributed by atoms with van der Waals surface area (Å²) < 4.78 is 2.17. The van der Waals surface area contributed by atoms with E-state index in [0.717, 1.165) is 37.2 Å². The lowest BCUT2D eigenvalue weighted by molar-refractivity contribution is -0.0300. The maximum absolute atomic E-state index is 12.4. The molecule has 3 rings (SSSR count). The first-order chi connectivity index (χ1) is 10.5. The van der Waals surface area contributed by atoms with Crippen LogP contribution in [0, 0.1) is 13.8 Å². The number of amides is 1. The van der Waals surface area contributed by atoms with Gasteiger partial charge in [0, 0.05) is 22.8 Å². The van der Waals surface area contributed by atoms with Gasteiger partial charge in [-0.15, -0.1) is 11.3 Å². The molecule has 1 aliphatic rings. The molecule has 2 heterocycles. The molecule has 1 fully saturated rings. The van der Waals surface area contributed by atoms with E-state index in [2.05, 4.69) is 21.3 Å². The van der Waals surface area contributed by atoms with Crippen molar-refractivity contribution in [1.82, 2.24) is 9.88 Å². The highest BCUT2D eigenvalue weighted by molar-refractivity contribution is 7.09. The quantitative estimate of drug-likeness (QED) is 0.890. The SMILES string of the molecule is Cc1cc(C(=O)NCC2(O)CCC2)c(C)n1Cc1cccs1. The Morgan fingerprint density at radius 1 is 1.45 bits per heavy atom. The van der Waals surface area contributed by atoms with Crippen LogP contribution in [-0.4, -0.2) is 27.7 Å². The molecule has 0 unspecified atom stereocenters. The summed E-state index contributed by atoms with van der Waals surface area (Å²) in [6.45, 7) is 5.15. The van der Waals surface area contributed by atoms with E-state index in [1.807, 2.05) is 26.0 Å². The lowest BCUT2D eigenvalue weighted by Crippen LogP contribution is -2.47. The Morgan fingerprint density at radius 2 is 2.23 bits per heavy atom. The van der Waals surface area contributed by atoms with Crippen molar-refractivity contribution in [3.8, 4) is 0 Å². The van der Waals surface area contributed by atoms with Crippen LogP contribution < -0.4 is 5.32 Å². The molecule has 2 aromatic rings. The number of hydrogen-bond acceptors (Lipinski definition) is 3. The van der Waals surface area contributed by atoms with Gasteiger partial charge in [0.15, 0.2) is 0 Å². The number of carbonyl (C=O) groups is 1. The topological polar surface area (TPSA) is 54.3 Å². The molecule has 22 heavy (non-hydrogen) atoms. The van der Waals surface area contributed by atoms with Crippen molar-refractivity contribution < 1.29 is 9.90 Å². The number of aromatic nitrogens is 1. The second kappa shape index (κ2) is 5.89. The van der Waals surface area contributed by atoms with E-state index in [9.17, 15) is 9.90 Å². The zero-order chi connectivity index (χ0) is 15.7. The average Bonchev–Trinajstić information content (AvgIpc) is 3.06. The molecule has 0 radical (unpaired) electrons. The number of aliphatic hydroxyl groups is 1. The van der Waals surface area contributed by atoms with Gasteiger partial charge in [0.05, 0.1) is 17.7 Å². The molecule has 0 atom stereocenters. The van der Waals surface area contributed by atoms with Gasteiger partial charge in [-0.2, -0.15) is 0 Å². The fraction of sp³-hybridized carbons (Fsp3) is 0.471. The largest absolute Gasteiger partial charge is 0.388 e. The zero-order valence-corrected chi connectivity index (χ0v) is 13.9. The first-order valence-electron chi connectivity index (χ1n) is 7.68. The lowest BCUT2D eigenvalue weighted by atomic mass is 9.80. The van der Waals surface area contributed by atoms with Gasteiger partial charge in [-0.05, 0) is 50.6 Å². The van der Waals surface area contributed by atoms with Crippen LogP contribution >= 0.6 is 11.3 Å². The molecule has 118 valence electrons. The van der Waals surface area contributed by atoms with E-state index in [1.54, 1.807) is 11.3 Å². The summed E-state index contributed by atoms with van der Waals surface area (Å²) >= 11 is 1.72. The van der Waals surface area contributed by atoms with E-state index in [4.69, 9.17) is 0 Å². The standard InChI is InChI=1S/C17H22N2O2S/c1-12-9-15(16(20)18-11-17(21)6-4-7-17)13(2)19(12)10-14-5-3-8-22-14/h3,5,8-9,21H,4,6-7,10-11H2,1-2H3,(H,18,20). The van der Waals surface area contributed by atoms with Crippen molar-refractivity contribution in [2.45, 2.75) is 45.3 Å². The first-order valence-corrected chi connectivity index (χ1v) is 8.56. The summed E-state index contributed by atoms with van der Waals surface area (Å²) in [7, 11) is 0. The maximum atomic E-state index is 12.4. The third-order valence-electron chi connectivity index (χ3n) is 4.57. The van der Waals surface area contributed by atoms with Crippen molar-refractivity contribution in [3.05, 3.63) is 45.4 Å². The Kier molecular flexibility index (Phi) is 4.10. The Morgan fingerprint density at radius 3 is 2.82 bits per heavy atom. The third kappa shape index (κ3) is 2.96. The lowest BCUT2D eigenvalue weighted by Gasteiger charge is -2.36. The number of nitrogens with zero attached hydrogens (tertiary/aromatic N) is 1.